The van der Waals surface area contributed by atoms with Gasteiger partial charge in [-0.15, -0.1) is 0 Å². The zero-order chi connectivity index (χ0) is 12.7. The second-order valence-corrected chi connectivity index (χ2v) is 4.26. The standard InChI is InChI=1S/C15H20O2/c1-3-4-6-14-11-12(2)9-10-13(14)7-5-8-15(16)17/h4,6,9-11H,3,5,7-8H2,1-2H3,(H,16,17). The number of carbonyl (C=O) groups is 1. The van der Waals surface area contributed by atoms with E-state index in [0.717, 1.165) is 12.8 Å². The van der Waals surface area contributed by atoms with Gasteiger partial charge in [-0.05, 0) is 37.3 Å². The number of benzene rings is 1. The molecule has 0 saturated heterocycles. The van der Waals surface area contributed by atoms with Gasteiger partial charge in [-0.3, -0.25) is 4.79 Å². The van der Waals surface area contributed by atoms with Crippen molar-refractivity contribution in [3.8, 4) is 0 Å². The van der Waals surface area contributed by atoms with Crippen LogP contribution in [0.15, 0.2) is 24.3 Å². The number of aliphatic carboxylic acids is 1. The molecule has 0 unspecified atom stereocenters. The second kappa shape index (κ2) is 6.89. The first-order valence-electron chi connectivity index (χ1n) is 6.11. The Morgan fingerprint density at radius 3 is 2.82 bits per heavy atom. The van der Waals surface area contributed by atoms with E-state index >= 15 is 0 Å². The Hall–Kier alpha value is -1.57. The van der Waals surface area contributed by atoms with E-state index < -0.39 is 5.97 Å². The molecule has 0 amide bonds. The van der Waals surface area contributed by atoms with Gasteiger partial charge in [0.25, 0.3) is 0 Å². The van der Waals surface area contributed by atoms with Crippen molar-refractivity contribution in [2.75, 3.05) is 0 Å². The lowest BCUT2D eigenvalue weighted by atomic mass is 9.99. The average Bonchev–Trinajstić information content (AvgIpc) is 2.28. The van der Waals surface area contributed by atoms with E-state index in [4.69, 9.17) is 5.11 Å². The lowest BCUT2D eigenvalue weighted by molar-refractivity contribution is -0.137. The molecule has 1 N–H and O–H groups in total. The van der Waals surface area contributed by atoms with E-state index in [-0.39, 0.29) is 6.42 Å². The van der Waals surface area contributed by atoms with Crippen molar-refractivity contribution < 1.29 is 9.90 Å². The predicted octanol–water partition coefficient (Wildman–Crippen LogP) is 3.83. The van der Waals surface area contributed by atoms with E-state index in [9.17, 15) is 4.79 Å². The summed E-state index contributed by atoms with van der Waals surface area (Å²) in [5.74, 6) is -0.720. The number of aryl methyl sites for hydroxylation is 2. The molecule has 17 heavy (non-hydrogen) atoms. The SMILES string of the molecule is CCC=Cc1cc(C)ccc1CCCC(=O)O. The molecular weight excluding hydrogens is 212 g/mol. The fraction of sp³-hybridized carbons (Fsp3) is 0.400. The summed E-state index contributed by atoms with van der Waals surface area (Å²) in [6.07, 6.45) is 7.05. The Labute approximate surface area is 103 Å². The molecule has 1 aromatic carbocycles. The van der Waals surface area contributed by atoms with E-state index in [2.05, 4.69) is 44.2 Å². The molecule has 0 bridgehead atoms. The Balaban J connectivity index is 2.75. The van der Waals surface area contributed by atoms with Crippen LogP contribution >= 0.6 is 0 Å². The summed E-state index contributed by atoms with van der Waals surface area (Å²) in [7, 11) is 0. The van der Waals surface area contributed by atoms with Gasteiger partial charge in [0.2, 0.25) is 0 Å². The molecule has 0 saturated carbocycles. The first-order chi connectivity index (χ1) is 8.13. The van der Waals surface area contributed by atoms with E-state index in [1.165, 1.54) is 16.7 Å². The van der Waals surface area contributed by atoms with Gasteiger partial charge in [0.1, 0.15) is 0 Å². The van der Waals surface area contributed by atoms with Gasteiger partial charge >= 0.3 is 5.97 Å². The smallest absolute Gasteiger partial charge is 0.303 e. The molecule has 0 atom stereocenters. The Bertz CT molecular complexity index is 405. The molecule has 0 aliphatic rings. The number of rotatable bonds is 6. The molecule has 0 fully saturated rings. The van der Waals surface area contributed by atoms with Crippen LogP contribution in [0.3, 0.4) is 0 Å². The highest BCUT2D eigenvalue weighted by Crippen LogP contribution is 2.16. The van der Waals surface area contributed by atoms with E-state index in [1.807, 2.05) is 0 Å². The van der Waals surface area contributed by atoms with Crippen LogP contribution in [0, 0.1) is 6.92 Å². The summed E-state index contributed by atoms with van der Waals surface area (Å²) in [5, 5.41) is 8.63. The number of carboxylic acid groups (broad SMARTS) is 1. The Kier molecular flexibility index (Phi) is 5.47. The molecule has 0 spiro atoms. The maximum atomic E-state index is 10.5. The number of hydrogen-bond acceptors (Lipinski definition) is 1. The molecule has 0 heterocycles. The first-order valence-corrected chi connectivity index (χ1v) is 6.11. The van der Waals surface area contributed by atoms with Crippen LogP contribution in [0.2, 0.25) is 0 Å². The molecule has 1 aromatic rings. The average molecular weight is 232 g/mol. The van der Waals surface area contributed by atoms with Crippen LogP contribution in [0.1, 0.15) is 42.9 Å². The zero-order valence-electron chi connectivity index (χ0n) is 10.6. The third kappa shape index (κ3) is 4.85. The van der Waals surface area contributed by atoms with Crippen molar-refractivity contribution in [3.05, 3.63) is 41.0 Å². The van der Waals surface area contributed by atoms with Crippen molar-refractivity contribution in [3.63, 3.8) is 0 Å². The summed E-state index contributed by atoms with van der Waals surface area (Å²) in [4.78, 5) is 10.5. The second-order valence-electron chi connectivity index (χ2n) is 4.26. The van der Waals surface area contributed by atoms with Gasteiger partial charge in [0.05, 0.1) is 0 Å². The number of allylic oxidation sites excluding steroid dienone is 1. The predicted molar refractivity (Wildman–Crippen MR) is 71.1 cm³/mol. The summed E-state index contributed by atoms with van der Waals surface area (Å²) in [6, 6.07) is 6.34. The quantitative estimate of drug-likeness (QED) is 0.809. The van der Waals surface area contributed by atoms with Gasteiger partial charge in [-0.1, -0.05) is 42.8 Å². The zero-order valence-corrected chi connectivity index (χ0v) is 10.6. The van der Waals surface area contributed by atoms with Crippen molar-refractivity contribution in [1.82, 2.24) is 0 Å². The van der Waals surface area contributed by atoms with E-state index in [1.54, 1.807) is 0 Å². The molecule has 0 aliphatic heterocycles. The van der Waals surface area contributed by atoms with Crippen LogP contribution in [-0.4, -0.2) is 11.1 Å². The van der Waals surface area contributed by atoms with E-state index in [0.29, 0.717) is 6.42 Å². The highest BCUT2D eigenvalue weighted by Gasteiger charge is 2.02. The summed E-state index contributed by atoms with van der Waals surface area (Å²) in [5.41, 5.74) is 3.70. The largest absolute Gasteiger partial charge is 0.481 e. The molecule has 2 heteroatoms. The summed E-state index contributed by atoms with van der Waals surface area (Å²) >= 11 is 0. The van der Waals surface area contributed by atoms with Gasteiger partial charge in [0.15, 0.2) is 0 Å². The number of hydrogen-bond donors (Lipinski definition) is 1. The van der Waals surface area contributed by atoms with Gasteiger partial charge in [0, 0.05) is 6.42 Å². The van der Waals surface area contributed by atoms with Crippen molar-refractivity contribution in [2.24, 2.45) is 0 Å². The maximum Gasteiger partial charge on any atom is 0.303 e. The maximum absolute atomic E-state index is 10.5. The monoisotopic (exact) mass is 232 g/mol. The normalized spacial score (nSPS) is 10.9. The molecule has 1 rings (SSSR count). The molecule has 2 nitrogen and oxygen atoms in total. The van der Waals surface area contributed by atoms with Crippen molar-refractivity contribution in [1.29, 1.82) is 0 Å². The molecule has 0 radical (unpaired) electrons. The molecule has 0 aromatic heterocycles. The Morgan fingerprint density at radius 1 is 1.41 bits per heavy atom. The lowest BCUT2D eigenvalue weighted by Crippen LogP contribution is -1.97. The lowest BCUT2D eigenvalue weighted by Gasteiger charge is -2.06. The van der Waals surface area contributed by atoms with Gasteiger partial charge < -0.3 is 5.11 Å². The fourth-order valence-electron chi connectivity index (χ4n) is 1.77. The van der Waals surface area contributed by atoms with Crippen LogP contribution in [-0.2, 0) is 11.2 Å². The minimum absolute atomic E-state index is 0.241. The molecular formula is C15H20O2. The third-order valence-corrected chi connectivity index (χ3v) is 2.67. The topological polar surface area (TPSA) is 37.3 Å². The van der Waals surface area contributed by atoms with Crippen LogP contribution in [0.5, 0.6) is 0 Å². The minimum atomic E-state index is -0.720. The minimum Gasteiger partial charge on any atom is -0.481 e. The van der Waals surface area contributed by atoms with Crippen molar-refractivity contribution >= 4 is 12.0 Å². The van der Waals surface area contributed by atoms with Crippen LogP contribution < -0.4 is 0 Å². The summed E-state index contributed by atoms with van der Waals surface area (Å²) in [6.45, 7) is 4.18. The molecule has 92 valence electrons. The van der Waals surface area contributed by atoms with Gasteiger partial charge in [-0.2, -0.15) is 0 Å². The Morgan fingerprint density at radius 2 is 2.18 bits per heavy atom. The highest BCUT2D eigenvalue weighted by molar-refractivity contribution is 5.66. The summed E-state index contributed by atoms with van der Waals surface area (Å²) < 4.78 is 0. The van der Waals surface area contributed by atoms with Crippen LogP contribution in [0.25, 0.3) is 6.08 Å². The van der Waals surface area contributed by atoms with Crippen molar-refractivity contribution in [2.45, 2.75) is 39.5 Å². The molecule has 0 aliphatic carbocycles. The van der Waals surface area contributed by atoms with Crippen LogP contribution in [0.4, 0.5) is 0 Å². The first kappa shape index (κ1) is 13.5. The fourth-order valence-corrected chi connectivity index (χ4v) is 1.77. The highest BCUT2D eigenvalue weighted by atomic mass is 16.4. The number of carboxylic acids is 1. The third-order valence-electron chi connectivity index (χ3n) is 2.67. The van der Waals surface area contributed by atoms with Gasteiger partial charge in [-0.25, -0.2) is 0 Å².